The van der Waals surface area contributed by atoms with Crippen molar-refractivity contribution in [2.24, 2.45) is 0 Å². The van der Waals surface area contributed by atoms with Crippen LogP contribution in [0.4, 0.5) is 0 Å². The van der Waals surface area contributed by atoms with Crippen LogP contribution in [0.3, 0.4) is 0 Å². The summed E-state index contributed by atoms with van der Waals surface area (Å²) in [5.41, 5.74) is 4.77. The third-order valence-electron chi connectivity index (χ3n) is 6.50. The largest absolute Gasteiger partial charge is 0.491 e. The predicted molar refractivity (Wildman–Crippen MR) is 125 cm³/mol. The fourth-order valence-electron chi connectivity index (χ4n) is 4.62. The lowest BCUT2D eigenvalue weighted by molar-refractivity contribution is 0.0561. The minimum absolute atomic E-state index is 0.322. The second-order valence-electron chi connectivity index (χ2n) is 8.91. The van der Waals surface area contributed by atoms with Crippen molar-refractivity contribution in [3.05, 3.63) is 46.8 Å². The number of rotatable bonds is 11. The molecule has 1 saturated carbocycles. The van der Waals surface area contributed by atoms with Crippen molar-refractivity contribution in [3.8, 4) is 5.75 Å². The molecule has 0 unspecified atom stereocenters. The van der Waals surface area contributed by atoms with E-state index in [4.69, 9.17) is 4.74 Å². The average Bonchev–Trinajstić information content (AvgIpc) is 3.06. The molecular weight excluding hydrogens is 388 g/mol. The molecule has 1 aliphatic rings. The first-order valence-electron chi connectivity index (χ1n) is 11.8. The summed E-state index contributed by atoms with van der Waals surface area (Å²) < 4.78 is 7.95. The van der Waals surface area contributed by atoms with Crippen LogP contribution in [-0.4, -0.2) is 52.1 Å². The van der Waals surface area contributed by atoms with E-state index < -0.39 is 6.10 Å². The monoisotopic (exact) mass is 428 g/mol. The van der Waals surface area contributed by atoms with E-state index in [2.05, 4.69) is 59.9 Å². The average molecular weight is 429 g/mol. The number of likely N-dealkylation sites (N-methyl/N-ethyl adjacent to an activating group) is 1. The highest BCUT2D eigenvalue weighted by molar-refractivity contribution is 5.29. The van der Waals surface area contributed by atoms with Gasteiger partial charge in [-0.15, -0.1) is 0 Å². The summed E-state index contributed by atoms with van der Waals surface area (Å²) in [6.07, 6.45) is 5.98. The van der Waals surface area contributed by atoms with Gasteiger partial charge < -0.3 is 20.1 Å². The lowest BCUT2D eigenvalue weighted by Crippen LogP contribution is -2.40. The Balaban J connectivity index is 1.44. The van der Waals surface area contributed by atoms with E-state index >= 15 is 0 Å². The zero-order valence-corrected chi connectivity index (χ0v) is 19.7. The Morgan fingerprint density at radius 3 is 2.71 bits per heavy atom. The van der Waals surface area contributed by atoms with Crippen molar-refractivity contribution in [1.29, 1.82) is 0 Å². The number of aliphatic hydroxyl groups excluding tert-OH is 1. The van der Waals surface area contributed by atoms with Crippen LogP contribution in [0.15, 0.2) is 24.3 Å². The molecule has 0 saturated heterocycles. The van der Waals surface area contributed by atoms with Gasteiger partial charge >= 0.3 is 0 Å². The fraction of sp³-hybridized carbons (Fsp3) is 0.640. The second-order valence-corrected chi connectivity index (χ2v) is 8.91. The molecule has 3 rings (SSSR count). The number of nitrogens with zero attached hydrogens (tertiary/aromatic N) is 3. The standard InChI is InChI=1S/C25H40N4O2/c1-5-29-20(3)25(19(2)27-29)16-26-15-21-10-9-13-24(14-21)31-18-23(30)17-28(4)22-11-7-6-8-12-22/h9-10,13-14,22-23,26,30H,5-8,11-12,15-18H2,1-4H3/t23-/m0/s1. The summed E-state index contributed by atoms with van der Waals surface area (Å²) in [6.45, 7) is 9.77. The highest BCUT2D eigenvalue weighted by Crippen LogP contribution is 2.22. The summed E-state index contributed by atoms with van der Waals surface area (Å²) in [5, 5.41) is 18.6. The summed E-state index contributed by atoms with van der Waals surface area (Å²) in [5.74, 6) is 0.810. The first kappa shape index (κ1) is 23.8. The minimum atomic E-state index is -0.477. The lowest BCUT2D eigenvalue weighted by Gasteiger charge is -2.32. The number of hydrogen-bond donors (Lipinski definition) is 2. The van der Waals surface area contributed by atoms with Gasteiger partial charge in [-0.05, 0) is 58.4 Å². The maximum atomic E-state index is 10.4. The minimum Gasteiger partial charge on any atom is -0.491 e. The molecule has 0 bridgehead atoms. The van der Waals surface area contributed by atoms with Crippen molar-refractivity contribution in [2.75, 3.05) is 20.2 Å². The number of hydrogen-bond acceptors (Lipinski definition) is 5. The quantitative estimate of drug-likeness (QED) is 0.570. The van der Waals surface area contributed by atoms with Gasteiger partial charge in [-0.3, -0.25) is 4.68 Å². The Bertz CT molecular complexity index is 814. The number of aryl methyl sites for hydroxylation is 2. The Morgan fingerprint density at radius 2 is 2.00 bits per heavy atom. The summed E-state index contributed by atoms with van der Waals surface area (Å²) >= 11 is 0. The third-order valence-corrected chi connectivity index (χ3v) is 6.50. The lowest BCUT2D eigenvalue weighted by atomic mass is 9.94. The third kappa shape index (κ3) is 6.79. The Morgan fingerprint density at radius 1 is 1.23 bits per heavy atom. The zero-order chi connectivity index (χ0) is 22.2. The van der Waals surface area contributed by atoms with Crippen molar-refractivity contribution >= 4 is 0 Å². The molecule has 1 aromatic carbocycles. The van der Waals surface area contributed by atoms with Gasteiger partial charge in [-0.2, -0.15) is 5.10 Å². The molecule has 0 amide bonds. The van der Waals surface area contributed by atoms with Crippen molar-refractivity contribution in [1.82, 2.24) is 20.0 Å². The Hall–Kier alpha value is -1.89. The number of benzene rings is 1. The highest BCUT2D eigenvalue weighted by atomic mass is 16.5. The van der Waals surface area contributed by atoms with Crippen LogP contribution in [0.2, 0.25) is 0 Å². The molecule has 31 heavy (non-hydrogen) atoms. The van der Waals surface area contributed by atoms with E-state index in [9.17, 15) is 5.11 Å². The Labute approximate surface area is 187 Å². The van der Waals surface area contributed by atoms with Crippen LogP contribution in [0.5, 0.6) is 5.75 Å². The van der Waals surface area contributed by atoms with Crippen LogP contribution in [-0.2, 0) is 19.6 Å². The summed E-state index contributed by atoms with van der Waals surface area (Å²) in [4.78, 5) is 2.30. The molecular formula is C25H40N4O2. The molecule has 1 aromatic heterocycles. The first-order chi connectivity index (χ1) is 15.0. The van der Waals surface area contributed by atoms with Gasteiger partial charge in [0.25, 0.3) is 0 Å². The van der Waals surface area contributed by atoms with Crippen molar-refractivity contribution < 1.29 is 9.84 Å². The van der Waals surface area contributed by atoms with Crippen LogP contribution in [0.25, 0.3) is 0 Å². The SMILES string of the molecule is CCn1nc(C)c(CNCc2cccc(OC[C@@H](O)CN(C)C3CCCCC3)c2)c1C. The summed E-state index contributed by atoms with van der Waals surface area (Å²) in [7, 11) is 2.12. The van der Waals surface area contributed by atoms with E-state index in [1.807, 2.05) is 12.1 Å². The van der Waals surface area contributed by atoms with Crippen LogP contribution >= 0.6 is 0 Å². The molecule has 0 aliphatic heterocycles. The highest BCUT2D eigenvalue weighted by Gasteiger charge is 2.20. The van der Waals surface area contributed by atoms with Crippen molar-refractivity contribution in [3.63, 3.8) is 0 Å². The van der Waals surface area contributed by atoms with Crippen LogP contribution in [0.1, 0.15) is 61.5 Å². The van der Waals surface area contributed by atoms with Gasteiger partial charge in [0, 0.05) is 43.5 Å². The zero-order valence-electron chi connectivity index (χ0n) is 19.7. The fourth-order valence-corrected chi connectivity index (χ4v) is 4.62. The van der Waals surface area contributed by atoms with E-state index in [1.54, 1.807) is 0 Å². The van der Waals surface area contributed by atoms with Gasteiger partial charge in [-0.25, -0.2) is 0 Å². The molecule has 1 atom stereocenters. The van der Waals surface area contributed by atoms with Crippen LogP contribution < -0.4 is 10.1 Å². The maximum absolute atomic E-state index is 10.4. The smallest absolute Gasteiger partial charge is 0.119 e. The number of aliphatic hydroxyl groups is 1. The van der Waals surface area contributed by atoms with Gasteiger partial charge in [0.15, 0.2) is 0 Å². The molecule has 6 heteroatoms. The van der Waals surface area contributed by atoms with Gasteiger partial charge in [0.2, 0.25) is 0 Å². The first-order valence-corrected chi connectivity index (χ1v) is 11.8. The molecule has 1 aliphatic carbocycles. The van der Waals surface area contributed by atoms with E-state index in [1.165, 1.54) is 48.9 Å². The van der Waals surface area contributed by atoms with Crippen molar-refractivity contribution in [2.45, 2.75) is 84.7 Å². The maximum Gasteiger partial charge on any atom is 0.119 e. The number of aromatic nitrogens is 2. The molecule has 0 radical (unpaired) electrons. The molecule has 1 fully saturated rings. The topological polar surface area (TPSA) is 62.6 Å². The van der Waals surface area contributed by atoms with E-state index in [0.717, 1.165) is 31.1 Å². The predicted octanol–water partition coefficient (Wildman–Crippen LogP) is 3.81. The van der Waals surface area contributed by atoms with E-state index in [0.29, 0.717) is 19.2 Å². The molecule has 2 aromatic rings. The van der Waals surface area contributed by atoms with Gasteiger partial charge in [0.05, 0.1) is 5.69 Å². The van der Waals surface area contributed by atoms with Gasteiger partial charge in [0.1, 0.15) is 18.5 Å². The molecule has 6 nitrogen and oxygen atoms in total. The molecule has 2 N–H and O–H groups in total. The molecule has 1 heterocycles. The van der Waals surface area contributed by atoms with Crippen LogP contribution in [0, 0.1) is 13.8 Å². The normalized spacial score (nSPS) is 16.1. The second kappa shape index (κ2) is 11.7. The summed E-state index contributed by atoms with van der Waals surface area (Å²) in [6, 6.07) is 8.73. The number of nitrogens with one attached hydrogen (secondary N) is 1. The Kier molecular flexibility index (Phi) is 8.93. The molecule has 172 valence electrons. The van der Waals surface area contributed by atoms with Gasteiger partial charge in [-0.1, -0.05) is 31.4 Å². The number of ether oxygens (including phenoxy) is 1. The molecule has 0 spiro atoms. The van der Waals surface area contributed by atoms with E-state index in [-0.39, 0.29) is 0 Å².